The zero-order valence-corrected chi connectivity index (χ0v) is 15.4. The molecule has 4 rings (SSSR count). The van der Waals surface area contributed by atoms with Crippen molar-refractivity contribution < 1.29 is 0 Å². The van der Waals surface area contributed by atoms with E-state index in [0.29, 0.717) is 0 Å². The summed E-state index contributed by atoms with van der Waals surface area (Å²) in [6, 6.07) is 40.0. The van der Waals surface area contributed by atoms with E-state index in [1.165, 1.54) is 5.56 Å². The van der Waals surface area contributed by atoms with Gasteiger partial charge in [-0.3, -0.25) is 0 Å². The van der Waals surface area contributed by atoms with Gasteiger partial charge in [0.2, 0.25) is 0 Å². The lowest BCUT2D eigenvalue weighted by atomic mass is 10.2. The van der Waals surface area contributed by atoms with Crippen LogP contribution in [0.4, 0.5) is 22.7 Å². The van der Waals surface area contributed by atoms with Gasteiger partial charge in [-0.1, -0.05) is 66.7 Å². The van der Waals surface area contributed by atoms with E-state index in [-0.39, 0.29) is 0 Å². The molecule has 0 N–H and O–H groups in total. The van der Waals surface area contributed by atoms with Gasteiger partial charge >= 0.3 is 0 Å². The van der Waals surface area contributed by atoms with Crippen molar-refractivity contribution in [3.63, 3.8) is 0 Å². The van der Waals surface area contributed by atoms with Gasteiger partial charge in [0.25, 0.3) is 0 Å². The van der Waals surface area contributed by atoms with Crippen LogP contribution in [0.25, 0.3) is 0 Å². The van der Waals surface area contributed by atoms with Crippen molar-refractivity contribution in [3.05, 3.63) is 121 Å². The molecular formula is C25H22N2. The van der Waals surface area contributed by atoms with Gasteiger partial charge in [0.05, 0.1) is 22.7 Å². The highest BCUT2D eigenvalue weighted by Gasteiger charge is 2.20. The predicted molar refractivity (Wildman–Crippen MR) is 115 cm³/mol. The molecule has 0 atom stereocenters. The zero-order valence-electron chi connectivity index (χ0n) is 15.4. The maximum absolute atomic E-state index is 2.26. The number of rotatable bonds is 5. The monoisotopic (exact) mass is 350 g/mol. The maximum atomic E-state index is 2.26. The Kier molecular flexibility index (Phi) is 4.88. The highest BCUT2D eigenvalue weighted by atomic mass is 15.6. The van der Waals surface area contributed by atoms with Crippen LogP contribution < -0.4 is 10.0 Å². The SMILES string of the molecule is Cc1cccc(N(c2ccccc2)N(c2ccccc2)c2ccccc2)c1. The number of anilines is 4. The van der Waals surface area contributed by atoms with Crippen molar-refractivity contribution in [2.24, 2.45) is 0 Å². The van der Waals surface area contributed by atoms with E-state index < -0.39 is 0 Å². The molecule has 2 heteroatoms. The summed E-state index contributed by atoms with van der Waals surface area (Å²) in [6.07, 6.45) is 0. The lowest BCUT2D eigenvalue weighted by Gasteiger charge is -2.38. The van der Waals surface area contributed by atoms with Crippen LogP contribution in [0.2, 0.25) is 0 Å². The standard InChI is InChI=1S/C25H22N2/c1-21-12-11-19-25(20-21)27(24-17-9-4-10-18-24)26(22-13-5-2-6-14-22)23-15-7-3-8-16-23/h2-20H,1H3. The van der Waals surface area contributed by atoms with Gasteiger partial charge in [0.1, 0.15) is 0 Å². The Labute approximate surface area is 160 Å². The van der Waals surface area contributed by atoms with E-state index in [1.807, 2.05) is 18.2 Å². The number of hydrogen-bond acceptors (Lipinski definition) is 2. The third-order valence-corrected chi connectivity index (χ3v) is 4.45. The minimum absolute atomic E-state index is 1.11. The number of hydrogen-bond donors (Lipinski definition) is 0. The Morgan fingerprint density at radius 1 is 0.407 bits per heavy atom. The summed E-state index contributed by atoms with van der Waals surface area (Å²) in [4.78, 5) is 0. The second-order valence-corrected chi connectivity index (χ2v) is 6.47. The van der Waals surface area contributed by atoms with Gasteiger partial charge in [0.15, 0.2) is 0 Å². The Balaban J connectivity index is 1.94. The summed E-state index contributed by atoms with van der Waals surface area (Å²) in [5, 5.41) is 4.52. The molecular weight excluding hydrogens is 328 g/mol. The molecule has 0 saturated heterocycles. The van der Waals surface area contributed by atoms with Crippen LogP contribution in [-0.4, -0.2) is 0 Å². The Morgan fingerprint density at radius 3 is 1.19 bits per heavy atom. The molecule has 0 bridgehead atoms. The van der Waals surface area contributed by atoms with Crippen molar-refractivity contribution in [2.45, 2.75) is 6.92 Å². The second-order valence-electron chi connectivity index (χ2n) is 6.47. The van der Waals surface area contributed by atoms with Crippen LogP contribution in [0.3, 0.4) is 0 Å². The van der Waals surface area contributed by atoms with E-state index >= 15 is 0 Å². The average Bonchev–Trinajstić information content (AvgIpc) is 2.74. The Hall–Kier alpha value is -3.52. The van der Waals surface area contributed by atoms with Gasteiger partial charge in [-0.05, 0) is 61.0 Å². The maximum Gasteiger partial charge on any atom is 0.0639 e. The van der Waals surface area contributed by atoms with Crippen LogP contribution in [0, 0.1) is 6.92 Å². The van der Waals surface area contributed by atoms with E-state index in [4.69, 9.17) is 0 Å². The van der Waals surface area contributed by atoms with Gasteiger partial charge in [0, 0.05) is 0 Å². The van der Waals surface area contributed by atoms with Gasteiger partial charge in [-0.2, -0.15) is 0 Å². The molecule has 0 aliphatic carbocycles. The highest BCUT2D eigenvalue weighted by molar-refractivity contribution is 5.77. The molecule has 0 aliphatic rings. The second kappa shape index (κ2) is 7.79. The Morgan fingerprint density at radius 2 is 0.778 bits per heavy atom. The van der Waals surface area contributed by atoms with E-state index in [0.717, 1.165) is 22.7 Å². The van der Waals surface area contributed by atoms with Crippen molar-refractivity contribution in [1.82, 2.24) is 0 Å². The minimum atomic E-state index is 1.11. The first-order chi connectivity index (χ1) is 13.3. The number of para-hydroxylation sites is 3. The summed E-state index contributed by atoms with van der Waals surface area (Å²) >= 11 is 0. The van der Waals surface area contributed by atoms with Crippen molar-refractivity contribution in [1.29, 1.82) is 0 Å². The number of aryl methyl sites for hydroxylation is 1. The first-order valence-electron chi connectivity index (χ1n) is 9.15. The molecule has 0 aliphatic heterocycles. The lowest BCUT2D eigenvalue weighted by Crippen LogP contribution is -2.35. The van der Waals surface area contributed by atoms with Crippen LogP contribution in [0.15, 0.2) is 115 Å². The molecule has 2 nitrogen and oxygen atoms in total. The third kappa shape index (κ3) is 3.70. The lowest BCUT2D eigenvalue weighted by molar-refractivity contribution is 0.988. The smallest absolute Gasteiger partial charge is 0.0639 e. The number of hydrazine groups is 1. The fraction of sp³-hybridized carbons (Fsp3) is 0.0400. The zero-order chi connectivity index (χ0) is 18.5. The molecule has 0 saturated carbocycles. The van der Waals surface area contributed by atoms with Crippen molar-refractivity contribution in [2.75, 3.05) is 10.0 Å². The quantitative estimate of drug-likeness (QED) is 0.362. The molecule has 4 aromatic carbocycles. The summed E-state index contributed by atoms with van der Waals surface area (Å²) in [5.41, 5.74) is 5.67. The fourth-order valence-electron chi connectivity index (χ4n) is 3.23. The molecule has 0 unspecified atom stereocenters. The molecule has 0 aromatic heterocycles. The van der Waals surface area contributed by atoms with Crippen LogP contribution >= 0.6 is 0 Å². The third-order valence-electron chi connectivity index (χ3n) is 4.45. The van der Waals surface area contributed by atoms with Gasteiger partial charge < -0.3 is 0 Å². The Bertz CT molecular complexity index is 943. The summed E-state index contributed by atoms with van der Waals surface area (Å²) in [6.45, 7) is 2.13. The van der Waals surface area contributed by atoms with E-state index in [2.05, 4.69) is 114 Å². The van der Waals surface area contributed by atoms with Crippen molar-refractivity contribution in [3.8, 4) is 0 Å². The fourth-order valence-corrected chi connectivity index (χ4v) is 3.23. The van der Waals surface area contributed by atoms with Gasteiger partial charge in [-0.25, -0.2) is 10.0 Å². The normalized spacial score (nSPS) is 10.4. The largest absolute Gasteiger partial charge is 0.249 e. The van der Waals surface area contributed by atoms with E-state index in [9.17, 15) is 0 Å². The average molecular weight is 350 g/mol. The van der Waals surface area contributed by atoms with Crippen LogP contribution in [-0.2, 0) is 0 Å². The van der Waals surface area contributed by atoms with Crippen LogP contribution in [0.5, 0.6) is 0 Å². The molecule has 0 radical (unpaired) electrons. The first-order valence-corrected chi connectivity index (χ1v) is 9.15. The summed E-state index contributed by atoms with van der Waals surface area (Å²) in [7, 11) is 0. The molecule has 0 spiro atoms. The van der Waals surface area contributed by atoms with Crippen LogP contribution in [0.1, 0.15) is 5.56 Å². The van der Waals surface area contributed by atoms with E-state index in [1.54, 1.807) is 0 Å². The first kappa shape index (κ1) is 16.9. The molecule has 132 valence electrons. The molecule has 27 heavy (non-hydrogen) atoms. The highest BCUT2D eigenvalue weighted by Crippen LogP contribution is 2.36. The topological polar surface area (TPSA) is 6.48 Å². The predicted octanol–water partition coefficient (Wildman–Crippen LogP) is 6.89. The summed E-state index contributed by atoms with van der Waals surface area (Å²) < 4.78 is 0. The minimum Gasteiger partial charge on any atom is -0.249 e. The number of nitrogens with zero attached hydrogens (tertiary/aromatic N) is 2. The van der Waals surface area contributed by atoms with Crippen molar-refractivity contribution >= 4 is 22.7 Å². The molecule has 4 aromatic rings. The summed E-state index contributed by atoms with van der Waals surface area (Å²) in [5.74, 6) is 0. The molecule has 0 amide bonds. The molecule has 0 heterocycles. The number of benzene rings is 4. The van der Waals surface area contributed by atoms with Gasteiger partial charge in [-0.15, -0.1) is 0 Å². The molecule has 0 fully saturated rings.